The maximum Gasteiger partial charge on any atom is 1.00 e. The van der Waals surface area contributed by atoms with Crippen molar-refractivity contribution in [3.05, 3.63) is 0 Å². The van der Waals surface area contributed by atoms with Gasteiger partial charge in [-0.05, 0) is 18.8 Å². The quantitative estimate of drug-likeness (QED) is 0.373. The van der Waals surface area contributed by atoms with Crippen LogP contribution in [0.2, 0.25) is 0 Å². The van der Waals surface area contributed by atoms with Gasteiger partial charge in [0.1, 0.15) is 0 Å². The summed E-state index contributed by atoms with van der Waals surface area (Å²) in [4.78, 5) is 10.2. The van der Waals surface area contributed by atoms with Gasteiger partial charge in [0, 0.05) is 5.97 Å². The van der Waals surface area contributed by atoms with Gasteiger partial charge in [-0.15, -0.1) is 0 Å². The summed E-state index contributed by atoms with van der Waals surface area (Å²) in [5, 5.41) is 10.2. The molecule has 0 spiro atoms. The SMILES string of the molecule is CC(C)CCCCCCCCCCCCC(=O)[O-].[Na+]. The predicted octanol–water partition coefficient (Wildman–Crippen LogP) is 1.08. The minimum atomic E-state index is -0.906. The maximum atomic E-state index is 10.2. The van der Waals surface area contributed by atoms with Crippen molar-refractivity contribution in [2.45, 2.75) is 90.9 Å². The van der Waals surface area contributed by atoms with E-state index in [1.807, 2.05) is 0 Å². The van der Waals surface area contributed by atoms with Crippen LogP contribution in [0.3, 0.4) is 0 Å². The van der Waals surface area contributed by atoms with Gasteiger partial charge in [-0.1, -0.05) is 78.1 Å². The fraction of sp³-hybridized carbons (Fsp3) is 0.938. The van der Waals surface area contributed by atoms with E-state index in [-0.39, 0.29) is 36.0 Å². The molecule has 19 heavy (non-hydrogen) atoms. The molecule has 0 aliphatic heterocycles. The Balaban J connectivity index is 0. The molecule has 0 unspecified atom stereocenters. The first kappa shape index (κ1) is 21.8. The van der Waals surface area contributed by atoms with E-state index in [2.05, 4.69) is 13.8 Å². The van der Waals surface area contributed by atoms with Crippen molar-refractivity contribution in [2.24, 2.45) is 5.92 Å². The van der Waals surface area contributed by atoms with Gasteiger partial charge in [0.15, 0.2) is 0 Å². The van der Waals surface area contributed by atoms with Gasteiger partial charge in [-0.3, -0.25) is 0 Å². The van der Waals surface area contributed by atoms with E-state index in [0.717, 1.165) is 18.8 Å². The molecule has 0 aromatic rings. The van der Waals surface area contributed by atoms with Crippen molar-refractivity contribution >= 4 is 5.97 Å². The number of carbonyl (C=O) groups excluding carboxylic acids is 1. The average Bonchev–Trinajstić information content (AvgIpc) is 2.29. The van der Waals surface area contributed by atoms with Gasteiger partial charge in [0.2, 0.25) is 0 Å². The molecule has 0 saturated carbocycles. The number of carboxylic acid groups (broad SMARTS) is 1. The Hall–Kier alpha value is 0.470. The van der Waals surface area contributed by atoms with Gasteiger partial charge in [0.05, 0.1) is 0 Å². The van der Waals surface area contributed by atoms with Crippen LogP contribution in [0.1, 0.15) is 90.9 Å². The second-order valence-corrected chi connectivity index (χ2v) is 5.84. The van der Waals surface area contributed by atoms with Crippen molar-refractivity contribution in [2.75, 3.05) is 0 Å². The molecular weight excluding hydrogens is 247 g/mol. The molecule has 0 bridgehead atoms. The predicted molar refractivity (Wildman–Crippen MR) is 75.2 cm³/mol. The van der Waals surface area contributed by atoms with E-state index in [1.54, 1.807) is 0 Å². The van der Waals surface area contributed by atoms with E-state index < -0.39 is 5.97 Å². The topological polar surface area (TPSA) is 40.1 Å². The maximum absolute atomic E-state index is 10.2. The van der Waals surface area contributed by atoms with E-state index in [1.165, 1.54) is 57.8 Å². The van der Waals surface area contributed by atoms with Crippen molar-refractivity contribution in [3.63, 3.8) is 0 Å². The van der Waals surface area contributed by atoms with E-state index in [4.69, 9.17) is 0 Å². The molecule has 0 fully saturated rings. The zero-order chi connectivity index (χ0) is 13.6. The molecule has 2 nitrogen and oxygen atoms in total. The minimum Gasteiger partial charge on any atom is -0.550 e. The van der Waals surface area contributed by atoms with Crippen molar-refractivity contribution in [3.8, 4) is 0 Å². The van der Waals surface area contributed by atoms with Crippen LogP contribution in [0.15, 0.2) is 0 Å². The van der Waals surface area contributed by atoms with Crippen LogP contribution < -0.4 is 34.7 Å². The van der Waals surface area contributed by atoms with E-state index in [9.17, 15) is 9.90 Å². The average molecular weight is 278 g/mol. The van der Waals surface area contributed by atoms with Crippen LogP contribution in [0.4, 0.5) is 0 Å². The van der Waals surface area contributed by atoms with E-state index in [0.29, 0.717) is 0 Å². The van der Waals surface area contributed by atoms with Gasteiger partial charge < -0.3 is 9.90 Å². The molecule has 0 N–H and O–H groups in total. The van der Waals surface area contributed by atoms with Gasteiger partial charge in [-0.2, -0.15) is 0 Å². The second-order valence-electron chi connectivity index (χ2n) is 5.84. The third-order valence-electron chi connectivity index (χ3n) is 3.41. The number of aliphatic carboxylic acids is 1. The van der Waals surface area contributed by atoms with Crippen LogP contribution in [0.5, 0.6) is 0 Å². The summed E-state index contributed by atoms with van der Waals surface area (Å²) in [7, 11) is 0. The molecule has 0 amide bonds. The van der Waals surface area contributed by atoms with Crippen molar-refractivity contribution in [1.29, 1.82) is 0 Å². The van der Waals surface area contributed by atoms with Gasteiger partial charge in [-0.25, -0.2) is 0 Å². The van der Waals surface area contributed by atoms with Crippen molar-refractivity contribution < 1.29 is 39.5 Å². The summed E-state index contributed by atoms with van der Waals surface area (Å²) >= 11 is 0. The zero-order valence-corrected chi connectivity index (χ0v) is 15.4. The first-order valence-corrected chi connectivity index (χ1v) is 7.82. The molecular formula is C16H31NaO2. The standard InChI is InChI=1S/C16H32O2.Na/c1-15(2)13-11-9-7-5-3-4-6-8-10-12-14-16(17)18;/h15H,3-14H2,1-2H3,(H,17,18);/q;+1/p-1. The molecule has 0 atom stereocenters. The molecule has 0 saturated heterocycles. The summed E-state index contributed by atoms with van der Waals surface area (Å²) in [5.41, 5.74) is 0. The third-order valence-corrected chi connectivity index (χ3v) is 3.41. The number of carbonyl (C=O) groups is 1. The summed E-state index contributed by atoms with van der Waals surface area (Å²) < 4.78 is 0. The van der Waals surface area contributed by atoms with Gasteiger partial charge >= 0.3 is 29.6 Å². The number of unbranched alkanes of at least 4 members (excludes halogenated alkanes) is 9. The molecule has 108 valence electrons. The molecule has 0 radical (unpaired) electrons. The van der Waals surface area contributed by atoms with E-state index >= 15 is 0 Å². The van der Waals surface area contributed by atoms with Crippen LogP contribution >= 0.6 is 0 Å². The smallest absolute Gasteiger partial charge is 0.550 e. The summed E-state index contributed by atoms with van der Waals surface area (Å²) in [5.74, 6) is -0.0533. The van der Waals surface area contributed by atoms with Gasteiger partial charge in [0.25, 0.3) is 0 Å². The summed E-state index contributed by atoms with van der Waals surface area (Å²) in [6, 6.07) is 0. The minimum absolute atomic E-state index is 0. The Labute approximate surface area is 142 Å². The van der Waals surface area contributed by atoms with Crippen LogP contribution in [0, 0.1) is 5.92 Å². The second kappa shape index (κ2) is 16.5. The van der Waals surface area contributed by atoms with Crippen LogP contribution in [-0.2, 0) is 4.79 Å². The zero-order valence-electron chi connectivity index (χ0n) is 13.4. The van der Waals surface area contributed by atoms with Crippen LogP contribution in [0.25, 0.3) is 0 Å². The van der Waals surface area contributed by atoms with Crippen molar-refractivity contribution in [1.82, 2.24) is 0 Å². The molecule has 0 aliphatic carbocycles. The fourth-order valence-electron chi connectivity index (χ4n) is 2.24. The Morgan fingerprint density at radius 1 is 0.789 bits per heavy atom. The first-order valence-electron chi connectivity index (χ1n) is 7.82. The largest absolute Gasteiger partial charge is 1.00 e. The molecule has 3 heteroatoms. The van der Waals surface area contributed by atoms with Crippen LogP contribution in [-0.4, -0.2) is 5.97 Å². The molecule has 0 rings (SSSR count). The summed E-state index contributed by atoms with van der Waals surface area (Å²) in [6.07, 6.45) is 14.1. The number of carboxylic acids is 1. The molecule has 0 aromatic carbocycles. The molecule has 0 aromatic heterocycles. The normalized spacial score (nSPS) is 10.5. The number of rotatable bonds is 13. The Kier molecular flexibility index (Phi) is 18.9. The monoisotopic (exact) mass is 278 g/mol. The first-order chi connectivity index (χ1) is 8.63. The molecule has 0 heterocycles. The summed E-state index contributed by atoms with van der Waals surface area (Å²) in [6.45, 7) is 4.58. The molecule has 0 aliphatic rings. The third kappa shape index (κ3) is 20.9. The number of hydrogen-bond acceptors (Lipinski definition) is 2. The fourth-order valence-corrected chi connectivity index (χ4v) is 2.24. The number of hydrogen-bond donors (Lipinski definition) is 0. The Bertz CT molecular complexity index is 193. The Morgan fingerprint density at radius 3 is 1.53 bits per heavy atom. The Morgan fingerprint density at radius 2 is 1.16 bits per heavy atom.